The zero-order chi connectivity index (χ0) is 17.4. The number of carbonyl (C=O) groups is 1. The Morgan fingerprint density at radius 1 is 1.20 bits per heavy atom. The molecule has 132 valence electrons. The number of fused-ring (bicyclic) bond motifs is 2. The van der Waals surface area contributed by atoms with E-state index < -0.39 is 0 Å². The van der Waals surface area contributed by atoms with Gasteiger partial charge in [-0.25, -0.2) is 4.98 Å². The first-order chi connectivity index (χ1) is 12.1. The van der Waals surface area contributed by atoms with E-state index in [1.165, 1.54) is 19.3 Å². The molecule has 25 heavy (non-hydrogen) atoms. The molecule has 1 aromatic heterocycles. The molecule has 2 atom stereocenters. The fourth-order valence-electron chi connectivity index (χ4n) is 4.17. The third-order valence-electron chi connectivity index (χ3n) is 5.76. The van der Waals surface area contributed by atoms with Gasteiger partial charge in [-0.05, 0) is 49.8 Å². The van der Waals surface area contributed by atoms with Crippen molar-refractivity contribution in [3.63, 3.8) is 0 Å². The van der Waals surface area contributed by atoms with Crippen LogP contribution in [0.3, 0.4) is 0 Å². The summed E-state index contributed by atoms with van der Waals surface area (Å²) in [6.07, 6.45) is 7.58. The van der Waals surface area contributed by atoms with Crippen molar-refractivity contribution in [2.45, 2.75) is 64.5 Å². The molecule has 1 aliphatic carbocycles. The van der Waals surface area contributed by atoms with Crippen LogP contribution in [0, 0.1) is 5.92 Å². The van der Waals surface area contributed by atoms with Gasteiger partial charge in [-0.15, -0.1) is 0 Å². The van der Waals surface area contributed by atoms with Gasteiger partial charge in [0.25, 0.3) is 11.5 Å². The molecule has 0 bridgehead atoms. The van der Waals surface area contributed by atoms with Crippen LogP contribution < -0.4 is 10.9 Å². The van der Waals surface area contributed by atoms with Crippen molar-refractivity contribution < 1.29 is 4.79 Å². The second-order valence-corrected chi connectivity index (χ2v) is 7.52. The predicted molar refractivity (Wildman–Crippen MR) is 97.8 cm³/mol. The van der Waals surface area contributed by atoms with E-state index in [1.54, 1.807) is 22.8 Å². The van der Waals surface area contributed by atoms with E-state index in [1.807, 2.05) is 0 Å². The number of aromatic nitrogens is 2. The smallest absolute Gasteiger partial charge is 0.261 e. The summed E-state index contributed by atoms with van der Waals surface area (Å²) in [4.78, 5) is 30.0. The Labute approximate surface area is 147 Å². The molecule has 2 aliphatic rings. The van der Waals surface area contributed by atoms with Gasteiger partial charge < -0.3 is 5.32 Å². The lowest BCUT2D eigenvalue weighted by Gasteiger charge is -2.29. The number of amides is 1. The Morgan fingerprint density at radius 2 is 2.04 bits per heavy atom. The van der Waals surface area contributed by atoms with Crippen LogP contribution in [0.15, 0.2) is 23.0 Å². The molecule has 0 unspecified atom stereocenters. The summed E-state index contributed by atoms with van der Waals surface area (Å²) in [6.45, 7) is 2.96. The summed E-state index contributed by atoms with van der Waals surface area (Å²) in [7, 11) is 0. The summed E-state index contributed by atoms with van der Waals surface area (Å²) in [5.41, 5.74) is 1.26. The third kappa shape index (κ3) is 3.08. The van der Waals surface area contributed by atoms with E-state index in [4.69, 9.17) is 0 Å². The van der Waals surface area contributed by atoms with Gasteiger partial charge in [0.05, 0.1) is 10.9 Å². The highest BCUT2D eigenvalue weighted by Crippen LogP contribution is 2.24. The molecule has 1 aromatic carbocycles. The number of hydrogen-bond acceptors (Lipinski definition) is 3. The minimum atomic E-state index is -0.0553. The average molecular weight is 339 g/mol. The number of carbonyl (C=O) groups excluding carboxylic acids is 1. The molecule has 5 heteroatoms. The monoisotopic (exact) mass is 339 g/mol. The van der Waals surface area contributed by atoms with Crippen LogP contribution in [0.5, 0.6) is 0 Å². The van der Waals surface area contributed by atoms with E-state index in [9.17, 15) is 9.59 Å². The first-order valence-electron chi connectivity index (χ1n) is 9.48. The second kappa shape index (κ2) is 6.62. The lowest BCUT2D eigenvalue weighted by Crippen LogP contribution is -2.41. The van der Waals surface area contributed by atoms with Crippen molar-refractivity contribution in [2.75, 3.05) is 0 Å². The zero-order valence-electron chi connectivity index (χ0n) is 14.8. The molecule has 0 radical (unpaired) electrons. The van der Waals surface area contributed by atoms with Crippen molar-refractivity contribution in [2.24, 2.45) is 5.92 Å². The van der Waals surface area contributed by atoms with Gasteiger partial charge in [0, 0.05) is 24.6 Å². The first kappa shape index (κ1) is 16.3. The normalized spacial score (nSPS) is 23.2. The number of nitrogens with one attached hydrogen (secondary N) is 1. The van der Waals surface area contributed by atoms with Crippen LogP contribution >= 0.6 is 0 Å². The Balaban J connectivity index is 1.64. The Hall–Kier alpha value is -2.17. The SMILES string of the molecule is C[C@H]1CCCC[C@H]1NC(=O)c1ccc2c(=O)n3c(nc2c1)CCCC3. The van der Waals surface area contributed by atoms with Crippen molar-refractivity contribution in [1.82, 2.24) is 14.9 Å². The summed E-state index contributed by atoms with van der Waals surface area (Å²) >= 11 is 0. The number of benzene rings is 1. The van der Waals surface area contributed by atoms with E-state index in [-0.39, 0.29) is 17.5 Å². The van der Waals surface area contributed by atoms with Crippen LogP contribution in [-0.4, -0.2) is 21.5 Å². The van der Waals surface area contributed by atoms with Gasteiger partial charge in [-0.2, -0.15) is 0 Å². The maximum absolute atomic E-state index is 12.7. The van der Waals surface area contributed by atoms with Gasteiger partial charge in [0.2, 0.25) is 0 Å². The van der Waals surface area contributed by atoms with E-state index >= 15 is 0 Å². The second-order valence-electron chi connectivity index (χ2n) is 7.52. The zero-order valence-corrected chi connectivity index (χ0v) is 14.8. The molecular weight excluding hydrogens is 314 g/mol. The molecular formula is C20H25N3O2. The Bertz CT molecular complexity index is 871. The molecule has 1 fully saturated rings. The van der Waals surface area contributed by atoms with E-state index in [0.29, 0.717) is 22.4 Å². The maximum atomic E-state index is 12.7. The summed E-state index contributed by atoms with van der Waals surface area (Å²) in [5.74, 6) is 1.32. The van der Waals surface area contributed by atoms with E-state index in [0.717, 1.165) is 38.1 Å². The van der Waals surface area contributed by atoms with Gasteiger partial charge >= 0.3 is 0 Å². The number of aryl methyl sites for hydroxylation is 1. The van der Waals surface area contributed by atoms with Gasteiger partial charge in [0.15, 0.2) is 0 Å². The molecule has 0 spiro atoms. The van der Waals surface area contributed by atoms with Crippen LogP contribution in [-0.2, 0) is 13.0 Å². The van der Waals surface area contributed by atoms with Crippen LogP contribution in [0.2, 0.25) is 0 Å². The standard InChI is InChI=1S/C20H25N3O2/c1-13-6-2-3-7-16(13)22-19(24)14-9-10-15-17(12-14)21-18-8-4-5-11-23(18)20(15)25/h9-10,12-13,16H,2-8,11H2,1H3,(H,22,24)/t13-,16+/m0/s1. The molecule has 4 rings (SSSR count). The minimum Gasteiger partial charge on any atom is -0.349 e. The lowest BCUT2D eigenvalue weighted by molar-refractivity contribution is 0.0910. The molecule has 1 amide bonds. The number of nitrogens with zero attached hydrogens (tertiary/aromatic N) is 2. The van der Waals surface area contributed by atoms with Crippen molar-refractivity contribution >= 4 is 16.8 Å². The van der Waals surface area contributed by atoms with Crippen LogP contribution in [0.1, 0.15) is 61.6 Å². The molecule has 2 heterocycles. The van der Waals surface area contributed by atoms with Crippen molar-refractivity contribution in [3.05, 3.63) is 39.9 Å². The largest absolute Gasteiger partial charge is 0.349 e. The van der Waals surface area contributed by atoms with Gasteiger partial charge in [-0.1, -0.05) is 19.8 Å². The highest BCUT2D eigenvalue weighted by molar-refractivity contribution is 5.97. The van der Waals surface area contributed by atoms with E-state index in [2.05, 4.69) is 17.2 Å². The quantitative estimate of drug-likeness (QED) is 0.915. The molecule has 2 aromatic rings. The van der Waals surface area contributed by atoms with Crippen molar-refractivity contribution in [1.29, 1.82) is 0 Å². The van der Waals surface area contributed by atoms with Crippen molar-refractivity contribution in [3.8, 4) is 0 Å². The van der Waals surface area contributed by atoms with Crippen LogP contribution in [0.4, 0.5) is 0 Å². The predicted octanol–water partition coefficient (Wildman–Crippen LogP) is 3.04. The minimum absolute atomic E-state index is 0.0209. The molecule has 1 aliphatic heterocycles. The third-order valence-corrected chi connectivity index (χ3v) is 5.76. The fourth-order valence-corrected chi connectivity index (χ4v) is 4.17. The Morgan fingerprint density at radius 3 is 2.88 bits per heavy atom. The highest BCUT2D eigenvalue weighted by atomic mass is 16.1. The topological polar surface area (TPSA) is 64.0 Å². The molecule has 1 N–H and O–H groups in total. The average Bonchev–Trinajstić information content (AvgIpc) is 2.63. The first-order valence-corrected chi connectivity index (χ1v) is 9.48. The highest BCUT2D eigenvalue weighted by Gasteiger charge is 2.23. The van der Waals surface area contributed by atoms with Crippen LogP contribution in [0.25, 0.3) is 10.9 Å². The summed E-state index contributed by atoms with van der Waals surface area (Å²) < 4.78 is 1.79. The van der Waals surface area contributed by atoms with Gasteiger partial charge in [0.1, 0.15) is 5.82 Å². The summed E-state index contributed by atoms with van der Waals surface area (Å²) in [6, 6.07) is 5.53. The lowest BCUT2D eigenvalue weighted by atomic mass is 9.86. The molecule has 5 nitrogen and oxygen atoms in total. The Kier molecular flexibility index (Phi) is 4.32. The number of hydrogen-bond donors (Lipinski definition) is 1. The fraction of sp³-hybridized carbons (Fsp3) is 0.550. The number of rotatable bonds is 2. The molecule has 1 saturated carbocycles. The summed E-state index contributed by atoms with van der Waals surface area (Å²) in [5, 5.41) is 3.78. The molecule has 0 saturated heterocycles. The van der Waals surface area contributed by atoms with Gasteiger partial charge in [-0.3, -0.25) is 14.2 Å². The maximum Gasteiger partial charge on any atom is 0.261 e.